The molecule has 0 spiro atoms. The maximum atomic E-state index is 13.5. The molecule has 3 aromatic carbocycles. The van der Waals surface area contributed by atoms with Crippen LogP contribution in [-0.2, 0) is 10.0 Å². The number of aromatic carboxylic acids is 1. The zero-order valence-corrected chi connectivity index (χ0v) is 18.9. The molecule has 0 aromatic heterocycles. The number of hydrogen-bond donors (Lipinski definition) is 1. The van der Waals surface area contributed by atoms with E-state index in [9.17, 15) is 18.3 Å². The van der Waals surface area contributed by atoms with Gasteiger partial charge >= 0.3 is 5.97 Å². The van der Waals surface area contributed by atoms with Gasteiger partial charge in [-0.3, -0.25) is 4.31 Å². The molecular formula is C24H25NO6S. The van der Waals surface area contributed by atoms with E-state index in [1.807, 2.05) is 32.0 Å². The fraction of sp³-hybridized carbons (Fsp3) is 0.208. The minimum atomic E-state index is -3.96. The number of ether oxygens (including phenoxy) is 2. The van der Waals surface area contributed by atoms with Gasteiger partial charge in [0.05, 0.1) is 17.7 Å². The summed E-state index contributed by atoms with van der Waals surface area (Å²) in [4.78, 5) is 11.7. The third-order valence-electron chi connectivity index (χ3n) is 4.62. The molecule has 0 radical (unpaired) electrons. The Morgan fingerprint density at radius 2 is 1.59 bits per heavy atom. The fourth-order valence-corrected chi connectivity index (χ4v) is 4.74. The van der Waals surface area contributed by atoms with Crippen LogP contribution < -0.4 is 13.8 Å². The molecule has 0 amide bonds. The van der Waals surface area contributed by atoms with Crippen molar-refractivity contribution in [3.8, 4) is 17.2 Å². The second kappa shape index (κ2) is 9.74. The van der Waals surface area contributed by atoms with Gasteiger partial charge in [-0.2, -0.15) is 0 Å². The highest BCUT2D eigenvalue weighted by Crippen LogP contribution is 2.31. The number of rotatable bonds is 9. The van der Waals surface area contributed by atoms with Crippen LogP contribution >= 0.6 is 0 Å². The molecule has 0 atom stereocenters. The van der Waals surface area contributed by atoms with Crippen LogP contribution in [0.15, 0.2) is 77.7 Å². The molecule has 0 unspecified atom stereocenters. The Labute approximate surface area is 187 Å². The van der Waals surface area contributed by atoms with Crippen molar-refractivity contribution in [1.82, 2.24) is 0 Å². The van der Waals surface area contributed by atoms with Gasteiger partial charge in [0.25, 0.3) is 10.0 Å². The van der Waals surface area contributed by atoms with Crippen molar-refractivity contribution in [1.29, 1.82) is 0 Å². The van der Waals surface area contributed by atoms with Gasteiger partial charge in [0, 0.05) is 6.54 Å². The number of carbonyl (C=O) groups is 1. The molecule has 0 saturated heterocycles. The van der Waals surface area contributed by atoms with Crippen molar-refractivity contribution in [2.45, 2.75) is 18.7 Å². The van der Waals surface area contributed by atoms with E-state index >= 15 is 0 Å². The molecule has 0 saturated carbocycles. The summed E-state index contributed by atoms with van der Waals surface area (Å²) in [5, 5.41) is 9.49. The van der Waals surface area contributed by atoms with Gasteiger partial charge in [-0.25, -0.2) is 13.2 Å². The van der Waals surface area contributed by atoms with Gasteiger partial charge < -0.3 is 14.6 Å². The predicted molar refractivity (Wildman–Crippen MR) is 122 cm³/mol. The molecule has 0 fully saturated rings. The van der Waals surface area contributed by atoms with Crippen LogP contribution in [0, 0.1) is 5.92 Å². The SMILES string of the molecule is COc1ccc(N(CC(C)C)S(=O)(=O)c2ccc(Oc3ccccc3)cc2)cc1C(=O)O. The van der Waals surface area contributed by atoms with Crippen molar-refractivity contribution in [2.75, 3.05) is 18.0 Å². The Kier molecular flexibility index (Phi) is 7.05. The lowest BCUT2D eigenvalue weighted by Crippen LogP contribution is -2.34. The zero-order valence-electron chi connectivity index (χ0n) is 18.1. The van der Waals surface area contributed by atoms with E-state index in [1.165, 1.54) is 41.7 Å². The molecule has 7 nitrogen and oxygen atoms in total. The largest absolute Gasteiger partial charge is 0.496 e. The highest BCUT2D eigenvalue weighted by Gasteiger charge is 2.27. The highest BCUT2D eigenvalue weighted by molar-refractivity contribution is 7.92. The Morgan fingerprint density at radius 1 is 0.969 bits per heavy atom. The number of benzene rings is 3. The molecule has 8 heteroatoms. The second-order valence-corrected chi connectivity index (χ2v) is 9.37. The average molecular weight is 456 g/mol. The van der Waals surface area contributed by atoms with E-state index in [2.05, 4.69) is 0 Å². The molecule has 32 heavy (non-hydrogen) atoms. The summed E-state index contributed by atoms with van der Waals surface area (Å²) in [6.07, 6.45) is 0. The van der Waals surface area contributed by atoms with Crippen LogP contribution in [0.2, 0.25) is 0 Å². The molecule has 3 aromatic rings. The number of para-hydroxylation sites is 1. The third kappa shape index (κ3) is 5.20. The maximum Gasteiger partial charge on any atom is 0.339 e. The van der Waals surface area contributed by atoms with Gasteiger partial charge in [-0.15, -0.1) is 0 Å². The van der Waals surface area contributed by atoms with Gasteiger partial charge in [0.2, 0.25) is 0 Å². The Hall–Kier alpha value is -3.52. The Bertz CT molecular complexity index is 1170. The lowest BCUT2D eigenvalue weighted by atomic mass is 10.1. The first-order valence-electron chi connectivity index (χ1n) is 9.99. The van der Waals surface area contributed by atoms with Gasteiger partial charge in [0.1, 0.15) is 22.8 Å². The molecule has 1 N–H and O–H groups in total. The summed E-state index contributed by atoms with van der Waals surface area (Å²) in [7, 11) is -2.59. The minimum absolute atomic E-state index is 0.000780. The van der Waals surface area contributed by atoms with Gasteiger partial charge in [-0.05, 0) is 60.5 Å². The van der Waals surface area contributed by atoms with Crippen LogP contribution in [0.25, 0.3) is 0 Å². The maximum absolute atomic E-state index is 13.5. The molecule has 0 aliphatic carbocycles. The average Bonchev–Trinajstić information content (AvgIpc) is 2.78. The van der Waals surface area contributed by atoms with Crippen molar-refractivity contribution in [3.05, 3.63) is 78.4 Å². The summed E-state index contributed by atoms with van der Waals surface area (Å²) < 4.78 is 39.0. The van der Waals surface area contributed by atoms with E-state index in [1.54, 1.807) is 24.3 Å². The highest BCUT2D eigenvalue weighted by atomic mass is 32.2. The van der Waals surface area contributed by atoms with E-state index < -0.39 is 16.0 Å². The smallest absolute Gasteiger partial charge is 0.339 e. The molecule has 0 bridgehead atoms. The van der Waals surface area contributed by atoms with E-state index in [4.69, 9.17) is 9.47 Å². The number of hydrogen-bond acceptors (Lipinski definition) is 5. The van der Waals surface area contributed by atoms with Crippen LogP contribution in [0.4, 0.5) is 5.69 Å². The number of methoxy groups -OCH3 is 1. The fourth-order valence-electron chi connectivity index (χ4n) is 3.12. The second-order valence-electron chi connectivity index (χ2n) is 7.51. The van der Waals surface area contributed by atoms with Crippen LogP contribution in [0.1, 0.15) is 24.2 Å². The van der Waals surface area contributed by atoms with Gasteiger partial charge in [-0.1, -0.05) is 32.0 Å². The third-order valence-corrected chi connectivity index (χ3v) is 6.43. The van der Waals surface area contributed by atoms with Crippen LogP contribution in [0.5, 0.6) is 17.2 Å². The molecule has 0 aliphatic rings. The van der Waals surface area contributed by atoms with E-state index in [0.29, 0.717) is 11.5 Å². The number of sulfonamides is 1. The van der Waals surface area contributed by atoms with E-state index in [-0.39, 0.29) is 34.4 Å². The number of carboxylic acid groups (broad SMARTS) is 1. The minimum Gasteiger partial charge on any atom is -0.496 e. The van der Waals surface area contributed by atoms with Crippen molar-refractivity contribution in [3.63, 3.8) is 0 Å². The molecule has 3 rings (SSSR count). The van der Waals surface area contributed by atoms with Crippen LogP contribution in [-0.4, -0.2) is 33.1 Å². The number of carboxylic acids is 1. The first-order chi connectivity index (χ1) is 15.2. The summed E-state index contributed by atoms with van der Waals surface area (Å²) in [5.74, 6) is 0.103. The summed E-state index contributed by atoms with van der Waals surface area (Å²) >= 11 is 0. The molecular weight excluding hydrogens is 430 g/mol. The van der Waals surface area contributed by atoms with Crippen molar-refractivity contribution < 1.29 is 27.8 Å². The van der Waals surface area contributed by atoms with Gasteiger partial charge in [0.15, 0.2) is 0 Å². The predicted octanol–water partition coefficient (Wildman–Crippen LogP) is 5.04. The molecule has 168 valence electrons. The Morgan fingerprint density at radius 3 is 2.16 bits per heavy atom. The van der Waals surface area contributed by atoms with Crippen LogP contribution in [0.3, 0.4) is 0 Å². The Balaban J connectivity index is 1.96. The lowest BCUT2D eigenvalue weighted by Gasteiger charge is -2.27. The van der Waals surface area contributed by atoms with E-state index in [0.717, 1.165) is 0 Å². The normalized spacial score (nSPS) is 11.2. The molecule has 0 heterocycles. The first kappa shape index (κ1) is 23.1. The first-order valence-corrected chi connectivity index (χ1v) is 11.4. The van der Waals surface area contributed by atoms with Crippen molar-refractivity contribution >= 4 is 21.7 Å². The summed E-state index contributed by atoms with van der Waals surface area (Å²) in [6, 6.07) is 19.6. The summed E-state index contributed by atoms with van der Waals surface area (Å²) in [5.41, 5.74) is 0.141. The quantitative estimate of drug-likeness (QED) is 0.486. The topological polar surface area (TPSA) is 93.1 Å². The lowest BCUT2D eigenvalue weighted by molar-refractivity contribution is 0.0693. The number of nitrogens with zero attached hydrogens (tertiary/aromatic N) is 1. The van der Waals surface area contributed by atoms with Crippen molar-refractivity contribution in [2.24, 2.45) is 5.92 Å². The number of anilines is 1. The zero-order chi connectivity index (χ0) is 23.3. The molecule has 0 aliphatic heterocycles. The summed E-state index contributed by atoms with van der Waals surface area (Å²) in [6.45, 7) is 3.96. The monoisotopic (exact) mass is 455 g/mol. The standard InChI is InChI=1S/C24H25NO6S/c1-17(2)16-25(18-9-14-23(30-3)22(15-18)24(26)27)32(28,29)21-12-10-20(11-13-21)31-19-7-5-4-6-8-19/h4-15,17H,16H2,1-3H3,(H,26,27).